The largest absolute Gasteiger partial charge is 0.449 e. The van der Waals surface area contributed by atoms with Gasteiger partial charge in [-0.1, -0.05) is 32.0 Å². The van der Waals surface area contributed by atoms with Crippen molar-refractivity contribution in [1.82, 2.24) is 15.1 Å². The molecule has 8 heteroatoms. The lowest BCUT2D eigenvalue weighted by Gasteiger charge is -2.23. The molecule has 0 spiro atoms. The number of thiophene rings is 1. The number of halogens is 1. The molecule has 1 aliphatic rings. The number of amides is 2. The first kappa shape index (κ1) is 23.2. The van der Waals surface area contributed by atoms with Crippen LogP contribution in [0.5, 0.6) is 0 Å². The van der Waals surface area contributed by atoms with E-state index < -0.39 is 0 Å². The van der Waals surface area contributed by atoms with Crippen molar-refractivity contribution >= 4 is 23.3 Å². The second-order valence-corrected chi connectivity index (χ2v) is 9.13. The fourth-order valence-electron chi connectivity index (χ4n) is 3.48. The molecule has 1 aromatic heterocycles. The molecule has 6 nitrogen and oxygen atoms in total. The van der Waals surface area contributed by atoms with E-state index in [1.165, 1.54) is 12.1 Å². The van der Waals surface area contributed by atoms with E-state index in [0.29, 0.717) is 32.2 Å². The van der Waals surface area contributed by atoms with Crippen molar-refractivity contribution < 1.29 is 18.7 Å². The minimum Gasteiger partial charge on any atom is -0.449 e. The number of ether oxygens (including phenoxy) is 1. The number of nitrogens with one attached hydrogen (secondary N) is 1. The van der Waals surface area contributed by atoms with E-state index >= 15 is 0 Å². The Bertz CT molecular complexity index is 842. The smallest absolute Gasteiger partial charge is 0.409 e. The number of hydrogen-bond donors (Lipinski definition) is 1. The SMILES string of the molecule is CC(C)COC(=O)N1CCCN(CC(=O)NC(c2ccc(F)cc2)c2cccs2)CC1. The van der Waals surface area contributed by atoms with Crippen LogP contribution in [0, 0.1) is 11.7 Å². The maximum Gasteiger partial charge on any atom is 0.409 e. The normalized spacial score (nSPS) is 16.1. The minimum atomic E-state index is -0.317. The summed E-state index contributed by atoms with van der Waals surface area (Å²) in [5, 5.41) is 5.05. The molecule has 1 fully saturated rings. The number of carbonyl (C=O) groups is 2. The van der Waals surface area contributed by atoms with Gasteiger partial charge in [-0.15, -0.1) is 11.3 Å². The van der Waals surface area contributed by atoms with Crippen LogP contribution in [-0.4, -0.2) is 61.1 Å². The van der Waals surface area contributed by atoms with Gasteiger partial charge in [0, 0.05) is 31.1 Å². The second kappa shape index (κ2) is 11.2. The predicted molar refractivity (Wildman–Crippen MR) is 120 cm³/mol. The molecule has 31 heavy (non-hydrogen) atoms. The van der Waals surface area contributed by atoms with E-state index in [1.807, 2.05) is 31.4 Å². The van der Waals surface area contributed by atoms with E-state index in [2.05, 4.69) is 10.2 Å². The van der Waals surface area contributed by atoms with Crippen LogP contribution in [0.25, 0.3) is 0 Å². The third-order valence-electron chi connectivity index (χ3n) is 5.09. The molecule has 1 N–H and O–H groups in total. The van der Waals surface area contributed by atoms with Gasteiger partial charge in [0.25, 0.3) is 0 Å². The first-order valence-corrected chi connectivity index (χ1v) is 11.5. The molecule has 1 atom stereocenters. The molecule has 1 aromatic carbocycles. The van der Waals surface area contributed by atoms with Crippen molar-refractivity contribution in [2.75, 3.05) is 39.3 Å². The zero-order valence-corrected chi connectivity index (χ0v) is 18.9. The van der Waals surface area contributed by atoms with Gasteiger partial charge in [0.1, 0.15) is 5.82 Å². The van der Waals surface area contributed by atoms with Crippen molar-refractivity contribution in [3.8, 4) is 0 Å². The van der Waals surface area contributed by atoms with E-state index in [1.54, 1.807) is 28.4 Å². The third-order valence-corrected chi connectivity index (χ3v) is 6.03. The summed E-state index contributed by atoms with van der Waals surface area (Å²) in [5.74, 6) is -0.104. The fourth-order valence-corrected chi connectivity index (χ4v) is 4.28. The van der Waals surface area contributed by atoms with Crippen LogP contribution >= 0.6 is 11.3 Å². The zero-order chi connectivity index (χ0) is 22.2. The topological polar surface area (TPSA) is 61.9 Å². The highest BCUT2D eigenvalue weighted by molar-refractivity contribution is 7.10. The predicted octanol–water partition coefficient (Wildman–Crippen LogP) is 3.89. The molecule has 3 rings (SSSR count). The molecular formula is C23H30FN3O3S. The number of nitrogens with zero attached hydrogens (tertiary/aromatic N) is 2. The molecule has 0 bridgehead atoms. The average molecular weight is 448 g/mol. The number of rotatable bonds is 7. The maximum atomic E-state index is 13.4. The average Bonchev–Trinajstić information content (AvgIpc) is 3.17. The van der Waals surface area contributed by atoms with Crippen LogP contribution < -0.4 is 5.32 Å². The molecule has 168 valence electrons. The molecule has 1 saturated heterocycles. The maximum absolute atomic E-state index is 13.4. The summed E-state index contributed by atoms with van der Waals surface area (Å²) in [5.41, 5.74) is 0.840. The Balaban J connectivity index is 1.56. The van der Waals surface area contributed by atoms with Crippen molar-refractivity contribution in [1.29, 1.82) is 0 Å². The Morgan fingerprint density at radius 2 is 1.90 bits per heavy atom. The molecule has 0 aliphatic carbocycles. The first-order chi connectivity index (χ1) is 14.9. The summed E-state index contributed by atoms with van der Waals surface area (Å²) in [4.78, 5) is 29.8. The van der Waals surface area contributed by atoms with Crippen molar-refractivity contribution in [3.63, 3.8) is 0 Å². The molecule has 0 radical (unpaired) electrons. The van der Waals surface area contributed by atoms with Crippen LogP contribution in [-0.2, 0) is 9.53 Å². The van der Waals surface area contributed by atoms with Gasteiger partial charge in [-0.3, -0.25) is 9.69 Å². The van der Waals surface area contributed by atoms with Crippen LogP contribution in [0.1, 0.15) is 36.8 Å². The highest BCUT2D eigenvalue weighted by atomic mass is 32.1. The van der Waals surface area contributed by atoms with Gasteiger partial charge in [0.15, 0.2) is 0 Å². The Morgan fingerprint density at radius 1 is 1.13 bits per heavy atom. The van der Waals surface area contributed by atoms with Crippen LogP contribution in [0.2, 0.25) is 0 Å². The summed E-state index contributed by atoms with van der Waals surface area (Å²) in [6, 6.07) is 9.80. The lowest BCUT2D eigenvalue weighted by molar-refractivity contribution is -0.122. The standard InChI is InChI=1S/C23H30FN3O3S/c1-17(2)16-30-23(29)27-11-4-10-26(12-13-27)15-21(28)25-22(20-5-3-14-31-20)18-6-8-19(24)9-7-18/h3,5-9,14,17,22H,4,10-13,15-16H2,1-2H3,(H,25,28). The van der Waals surface area contributed by atoms with Gasteiger partial charge in [-0.25, -0.2) is 9.18 Å². The number of carbonyl (C=O) groups excluding carboxylic acids is 2. The van der Waals surface area contributed by atoms with E-state index in [-0.39, 0.29) is 30.4 Å². The molecule has 1 aliphatic heterocycles. The Labute approximate surface area is 187 Å². The summed E-state index contributed by atoms with van der Waals surface area (Å²) in [6.07, 6.45) is 0.505. The second-order valence-electron chi connectivity index (χ2n) is 8.16. The van der Waals surface area contributed by atoms with Crippen molar-refractivity contribution in [2.45, 2.75) is 26.3 Å². The third kappa shape index (κ3) is 7.04. The van der Waals surface area contributed by atoms with Gasteiger partial charge in [-0.05, 0) is 41.5 Å². The van der Waals surface area contributed by atoms with E-state index in [9.17, 15) is 14.0 Å². The highest BCUT2D eigenvalue weighted by Gasteiger charge is 2.23. The Morgan fingerprint density at radius 3 is 2.58 bits per heavy atom. The zero-order valence-electron chi connectivity index (χ0n) is 18.1. The van der Waals surface area contributed by atoms with E-state index in [4.69, 9.17) is 4.74 Å². The van der Waals surface area contributed by atoms with Gasteiger partial charge >= 0.3 is 6.09 Å². The van der Waals surface area contributed by atoms with Crippen LogP contribution in [0.3, 0.4) is 0 Å². The number of hydrogen-bond acceptors (Lipinski definition) is 5. The summed E-state index contributed by atoms with van der Waals surface area (Å²) >= 11 is 1.55. The number of benzene rings is 1. The quantitative estimate of drug-likeness (QED) is 0.700. The summed E-state index contributed by atoms with van der Waals surface area (Å²) < 4.78 is 18.7. The van der Waals surface area contributed by atoms with Gasteiger partial charge < -0.3 is 15.0 Å². The van der Waals surface area contributed by atoms with E-state index in [0.717, 1.165) is 23.4 Å². The summed E-state index contributed by atoms with van der Waals surface area (Å²) in [7, 11) is 0. The fraction of sp³-hybridized carbons (Fsp3) is 0.478. The Hall–Kier alpha value is -2.45. The van der Waals surface area contributed by atoms with Gasteiger partial charge in [-0.2, -0.15) is 0 Å². The van der Waals surface area contributed by atoms with Gasteiger partial charge in [0.05, 0.1) is 19.2 Å². The van der Waals surface area contributed by atoms with Crippen LogP contribution in [0.4, 0.5) is 9.18 Å². The summed E-state index contributed by atoms with van der Waals surface area (Å²) in [6.45, 7) is 7.19. The van der Waals surface area contributed by atoms with Gasteiger partial charge in [0.2, 0.25) is 5.91 Å². The lowest BCUT2D eigenvalue weighted by Crippen LogP contribution is -2.41. The molecule has 2 aromatic rings. The monoisotopic (exact) mass is 447 g/mol. The van der Waals surface area contributed by atoms with Crippen molar-refractivity contribution in [2.24, 2.45) is 5.92 Å². The minimum absolute atomic E-state index is 0.0986. The van der Waals surface area contributed by atoms with Crippen molar-refractivity contribution in [3.05, 3.63) is 58.0 Å². The molecule has 0 saturated carbocycles. The molecule has 1 unspecified atom stereocenters. The molecule has 2 amide bonds. The molecular weight excluding hydrogens is 417 g/mol. The highest BCUT2D eigenvalue weighted by Crippen LogP contribution is 2.26. The molecule has 2 heterocycles. The van der Waals surface area contributed by atoms with Crippen LogP contribution in [0.15, 0.2) is 41.8 Å². The Kier molecular flexibility index (Phi) is 8.43. The lowest BCUT2D eigenvalue weighted by atomic mass is 10.1. The first-order valence-electron chi connectivity index (χ1n) is 10.6.